The lowest BCUT2D eigenvalue weighted by Crippen LogP contribution is -2.32. The molecule has 13 heavy (non-hydrogen) atoms. The van der Waals surface area contributed by atoms with E-state index >= 15 is 0 Å². The summed E-state index contributed by atoms with van der Waals surface area (Å²) >= 11 is 0. The van der Waals surface area contributed by atoms with Crippen LogP contribution in [-0.2, 0) is 4.79 Å². The third-order valence-electron chi connectivity index (χ3n) is 2.44. The molecule has 2 atom stereocenters. The van der Waals surface area contributed by atoms with Crippen LogP contribution in [0.15, 0.2) is 0 Å². The smallest absolute Gasteiger partial charge is 0.295 e. The lowest BCUT2D eigenvalue weighted by atomic mass is 9.87. The van der Waals surface area contributed by atoms with E-state index in [9.17, 15) is 9.90 Å². The molecular formula is C10H15NO2. The molecule has 3 nitrogen and oxygen atoms in total. The van der Waals surface area contributed by atoms with Gasteiger partial charge in [-0.25, -0.2) is 0 Å². The van der Waals surface area contributed by atoms with Crippen molar-refractivity contribution in [2.45, 2.75) is 31.8 Å². The van der Waals surface area contributed by atoms with Crippen LogP contribution in [0.5, 0.6) is 0 Å². The zero-order valence-electron chi connectivity index (χ0n) is 7.62. The van der Waals surface area contributed by atoms with Crippen molar-refractivity contribution in [1.29, 1.82) is 0 Å². The zero-order chi connectivity index (χ0) is 9.68. The molecule has 72 valence electrons. The van der Waals surface area contributed by atoms with Crippen molar-refractivity contribution in [2.75, 3.05) is 6.54 Å². The van der Waals surface area contributed by atoms with Crippen molar-refractivity contribution < 1.29 is 9.90 Å². The quantitative estimate of drug-likeness (QED) is 0.601. The molecule has 0 aliphatic heterocycles. The van der Waals surface area contributed by atoms with Gasteiger partial charge in [0.2, 0.25) is 0 Å². The van der Waals surface area contributed by atoms with Crippen LogP contribution < -0.4 is 5.32 Å². The van der Waals surface area contributed by atoms with E-state index in [1.54, 1.807) is 0 Å². The van der Waals surface area contributed by atoms with E-state index < -0.39 is 0 Å². The summed E-state index contributed by atoms with van der Waals surface area (Å²) in [6.07, 6.45) is 8.49. The van der Waals surface area contributed by atoms with E-state index in [1.807, 2.05) is 5.92 Å². The Kier molecular flexibility index (Phi) is 3.78. The van der Waals surface area contributed by atoms with Gasteiger partial charge in [-0.05, 0) is 31.1 Å². The molecule has 0 aromatic carbocycles. The molecule has 0 spiro atoms. The van der Waals surface area contributed by atoms with Crippen LogP contribution in [0.3, 0.4) is 0 Å². The molecule has 0 saturated heterocycles. The Morgan fingerprint density at radius 2 is 2.38 bits per heavy atom. The zero-order valence-corrected chi connectivity index (χ0v) is 7.62. The summed E-state index contributed by atoms with van der Waals surface area (Å²) < 4.78 is 0. The molecule has 1 fully saturated rings. The number of terminal acetylenes is 1. The number of amides is 1. The summed E-state index contributed by atoms with van der Waals surface area (Å²) in [4.78, 5) is 10.7. The van der Waals surface area contributed by atoms with Gasteiger partial charge in [0.25, 0.3) is 5.91 Å². The number of rotatable bonds is 2. The van der Waals surface area contributed by atoms with Crippen molar-refractivity contribution in [3.05, 3.63) is 0 Å². The Morgan fingerprint density at radius 1 is 1.62 bits per heavy atom. The molecule has 3 heteroatoms. The van der Waals surface area contributed by atoms with Crippen molar-refractivity contribution in [3.8, 4) is 12.3 Å². The summed E-state index contributed by atoms with van der Waals surface area (Å²) in [5, 5.41) is 12.0. The van der Waals surface area contributed by atoms with Gasteiger partial charge in [-0.3, -0.25) is 4.79 Å². The van der Waals surface area contributed by atoms with Gasteiger partial charge in [0.1, 0.15) is 0 Å². The van der Waals surface area contributed by atoms with E-state index in [2.05, 4.69) is 5.32 Å². The molecule has 2 unspecified atom stereocenters. The van der Waals surface area contributed by atoms with E-state index in [0.29, 0.717) is 12.5 Å². The molecule has 0 aromatic heterocycles. The van der Waals surface area contributed by atoms with Gasteiger partial charge in [0, 0.05) is 6.54 Å². The molecular weight excluding hydrogens is 166 g/mol. The average molecular weight is 181 g/mol. The Balaban J connectivity index is 2.21. The van der Waals surface area contributed by atoms with Crippen LogP contribution in [0, 0.1) is 18.3 Å². The van der Waals surface area contributed by atoms with E-state index in [0.717, 1.165) is 25.7 Å². The molecule has 0 radical (unpaired) electrons. The first-order chi connectivity index (χ1) is 6.22. The summed E-state index contributed by atoms with van der Waals surface area (Å²) in [5.74, 6) is 2.03. The van der Waals surface area contributed by atoms with E-state index in [1.165, 1.54) is 0 Å². The minimum atomic E-state index is -0.361. The first-order valence-corrected chi connectivity index (χ1v) is 4.65. The summed E-state index contributed by atoms with van der Waals surface area (Å²) in [6.45, 7) is 0.597. The number of carbonyl (C=O) groups excluding carboxylic acids is 1. The third kappa shape index (κ3) is 3.47. The first kappa shape index (κ1) is 10.1. The standard InChI is InChI=1S/C10H15NO2/c1-2-10(13)11-7-8-4-3-5-9(12)6-8/h1,8-9,12H,3-7H2,(H,11,13). The topological polar surface area (TPSA) is 49.3 Å². The van der Waals surface area contributed by atoms with Gasteiger partial charge in [0.15, 0.2) is 0 Å². The predicted molar refractivity (Wildman–Crippen MR) is 49.8 cm³/mol. The number of carbonyl (C=O) groups is 1. The van der Waals surface area contributed by atoms with E-state index in [4.69, 9.17) is 6.42 Å². The maximum absolute atomic E-state index is 10.7. The lowest BCUT2D eigenvalue weighted by Gasteiger charge is -2.25. The molecule has 1 aliphatic carbocycles. The van der Waals surface area contributed by atoms with Gasteiger partial charge < -0.3 is 10.4 Å². The van der Waals surface area contributed by atoms with Crippen LogP contribution in [0.1, 0.15) is 25.7 Å². The third-order valence-corrected chi connectivity index (χ3v) is 2.44. The molecule has 1 rings (SSSR count). The molecule has 1 aliphatic rings. The highest BCUT2D eigenvalue weighted by Crippen LogP contribution is 2.23. The van der Waals surface area contributed by atoms with Gasteiger partial charge >= 0.3 is 0 Å². The Morgan fingerprint density at radius 3 is 3.00 bits per heavy atom. The summed E-state index contributed by atoms with van der Waals surface area (Å²) in [6, 6.07) is 0. The number of aliphatic hydroxyl groups excluding tert-OH is 1. The Labute approximate surface area is 78.5 Å². The fourth-order valence-electron chi connectivity index (χ4n) is 1.74. The number of aliphatic hydroxyl groups is 1. The predicted octanol–water partition coefficient (Wildman–Crippen LogP) is 0.287. The van der Waals surface area contributed by atoms with Crippen molar-refractivity contribution in [3.63, 3.8) is 0 Å². The second-order valence-corrected chi connectivity index (χ2v) is 3.54. The highest BCUT2D eigenvalue weighted by molar-refractivity contribution is 5.92. The molecule has 1 amide bonds. The normalized spacial score (nSPS) is 27.7. The minimum absolute atomic E-state index is 0.193. The van der Waals surface area contributed by atoms with Crippen LogP contribution >= 0.6 is 0 Å². The highest BCUT2D eigenvalue weighted by atomic mass is 16.3. The second-order valence-electron chi connectivity index (χ2n) is 3.54. The number of hydrogen-bond donors (Lipinski definition) is 2. The summed E-state index contributed by atoms with van der Waals surface area (Å²) in [7, 11) is 0. The second kappa shape index (κ2) is 4.88. The molecule has 0 heterocycles. The van der Waals surface area contributed by atoms with Crippen molar-refractivity contribution in [2.24, 2.45) is 5.92 Å². The van der Waals surface area contributed by atoms with Crippen LogP contribution in [0.4, 0.5) is 0 Å². The van der Waals surface area contributed by atoms with Gasteiger partial charge in [-0.1, -0.05) is 6.42 Å². The van der Waals surface area contributed by atoms with Gasteiger partial charge in [-0.15, -0.1) is 6.42 Å². The van der Waals surface area contributed by atoms with Crippen LogP contribution in [0.25, 0.3) is 0 Å². The largest absolute Gasteiger partial charge is 0.393 e. The molecule has 1 saturated carbocycles. The van der Waals surface area contributed by atoms with Gasteiger partial charge in [0.05, 0.1) is 6.10 Å². The molecule has 0 aromatic rings. The molecule has 2 N–H and O–H groups in total. The maximum atomic E-state index is 10.7. The monoisotopic (exact) mass is 181 g/mol. The number of hydrogen-bond acceptors (Lipinski definition) is 2. The highest BCUT2D eigenvalue weighted by Gasteiger charge is 2.19. The fourth-order valence-corrected chi connectivity index (χ4v) is 1.74. The summed E-state index contributed by atoms with van der Waals surface area (Å²) in [5.41, 5.74) is 0. The van der Waals surface area contributed by atoms with Crippen LogP contribution in [0.2, 0.25) is 0 Å². The fraction of sp³-hybridized carbons (Fsp3) is 0.700. The van der Waals surface area contributed by atoms with Crippen LogP contribution in [-0.4, -0.2) is 23.7 Å². The average Bonchev–Trinajstić information content (AvgIpc) is 2.14. The minimum Gasteiger partial charge on any atom is -0.393 e. The maximum Gasteiger partial charge on any atom is 0.295 e. The Hall–Kier alpha value is -1.01. The van der Waals surface area contributed by atoms with E-state index in [-0.39, 0.29) is 12.0 Å². The van der Waals surface area contributed by atoms with Crippen molar-refractivity contribution in [1.82, 2.24) is 5.32 Å². The number of nitrogens with one attached hydrogen (secondary N) is 1. The first-order valence-electron chi connectivity index (χ1n) is 4.65. The SMILES string of the molecule is C#CC(=O)NCC1CCCC(O)C1. The van der Waals surface area contributed by atoms with Crippen molar-refractivity contribution >= 4 is 5.91 Å². The molecule has 0 bridgehead atoms. The lowest BCUT2D eigenvalue weighted by molar-refractivity contribution is -0.116. The van der Waals surface area contributed by atoms with Gasteiger partial charge in [-0.2, -0.15) is 0 Å². The Bertz CT molecular complexity index is 219.